The van der Waals surface area contributed by atoms with E-state index in [9.17, 15) is 0 Å². The SMILES string of the molecule is CSCCC(C)N(C)CCOc1ccc(/C(N)=N/O)cc1. The highest BCUT2D eigenvalue weighted by Gasteiger charge is 2.08. The Labute approximate surface area is 131 Å². The van der Waals surface area contributed by atoms with E-state index in [1.807, 2.05) is 23.9 Å². The summed E-state index contributed by atoms with van der Waals surface area (Å²) in [5.41, 5.74) is 6.18. The third kappa shape index (κ3) is 6.27. The summed E-state index contributed by atoms with van der Waals surface area (Å²) in [6.45, 7) is 3.77. The molecule has 0 aliphatic rings. The van der Waals surface area contributed by atoms with Gasteiger partial charge in [-0.05, 0) is 56.7 Å². The van der Waals surface area contributed by atoms with E-state index in [0.29, 0.717) is 18.2 Å². The number of amidine groups is 1. The van der Waals surface area contributed by atoms with Gasteiger partial charge in [-0.2, -0.15) is 11.8 Å². The summed E-state index contributed by atoms with van der Waals surface area (Å²) < 4.78 is 5.71. The first kappa shape index (κ1) is 17.7. The van der Waals surface area contributed by atoms with Crippen LogP contribution in [0.4, 0.5) is 0 Å². The fourth-order valence-electron chi connectivity index (χ4n) is 1.82. The number of oxime groups is 1. The molecule has 1 rings (SSSR count). The normalized spacial score (nSPS) is 13.4. The van der Waals surface area contributed by atoms with Crippen LogP contribution in [-0.4, -0.2) is 54.2 Å². The van der Waals surface area contributed by atoms with Gasteiger partial charge in [-0.3, -0.25) is 0 Å². The second kappa shape index (κ2) is 9.52. The Balaban J connectivity index is 2.35. The maximum absolute atomic E-state index is 8.60. The van der Waals surface area contributed by atoms with Gasteiger partial charge in [0.1, 0.15) is 12.4 Å². The summed E-state index contributed by atoms with van der Waals surface area (Å²) in [5.74, 6) is 2.07. The first-order chi connectivity index (χ1) is 10.1. The number of thioether (sulfide) groups is 1. The van der Waals surface area contributed by atoms with Crippen LogP contribution < -0.4 is 10.5 Å². The van der Waals surface area contributed by atoms with E-state index in [-0.39, 0.29) is 5.84 Å². The van der Waals surface area contributed by atoms with Crippen molar-refractivity contribution in [2.45, 2.75) is 19.4 Å². The van der Waals surface area contributed by atoms with Crippen LogP contribution in [0.5, 0.6) is 5.75 Å². The van der Waals surface area contributed by atoms with Gasteiger partial charge in [-0.1, -0.05) is 5.16 Å². The van der Waals surface area contributed by atoms with Crippen LogP contribution in [0.25, 0.3) is 0 Å². The van der Waals surface area contributed by atoms with Gasteiger partial charge in [0.15, 0.2) is 5.84 Å². The zero-order chi connectivity index (χ0) is 15.7. The van der Waals surface area contributed by atoms with E-state index in [4.69, 9.17) is 15.7 Å². The molecular weight excluding hydrogens is 286 g/mol. The van der Waals surface area contributed by atoms with Crippen molar-refractivity contribution in [3.63, 3.8) is 0 Å². The number of ether oxygens (including phenoxy) is 1. The molecule has 0 heterocycles. The largest absolute Gasteiger partial charge is 0.492 e. The molecule has 21 heavy (non-hydrogen) atoms. The average Bonchev–Trinajstić information content (AvgIpc) is 2.52. The van der Waals surface area contributed by atoms with Crippen LogP contribution in [0.1, 0.15) is 18.9 Å². The predicted molar refractivity (Wildman–Crippen MR) is 89.5 cm³/mol. The summed E-state index contributed by atoms with van der Waals surface area (Å²) in [5, 5.41) is 11.6. The minimum absolute atomic E-state index is 0.101. The van der Waals surface area contributed by atoms with Crippen molar-refractivity contribution in [2.24, 2.45) is 10.9 Å². The number of nitrogens with two attached hydrogens (primary N) is 1. The molecule has 1 unspecified atom stereocenters. The van der Waals surface area contributed by atoms with Crippen LogP contribution in [0, 0.1) is 0 Å². The third-order valence-corrected chi connectivity index (χ3v) is 4.11. The molecular formula is C15H25N3O2S. The van der Waals surface area contributed by atoms with Gasteiger partial charge >= 0.3 is 0 Å². The maximum Gasteiger partial charge on any atom is 0.170 e. The number of benzene rings is 1. The van der Waals surface area contributed by atoms with E-state index < -0.39 is 0 Å². The Bertz CT molecular complexity index is 437. The molecule has 1 atom stereocenters. The topological polar surface area (TPSA) is 71.1 Å². The quantitative estimate of drug-likeness (QED) is 0.317. The Morgan fingerprint density at radius 2 is 2.10 bits per heavy atom. The molecule has 1 aromatic rings. The van der Waals surface area contributed by atoms with Gasteiger partial charge in [-0.25, -0.2) is 0 Å². The first-order valence-electron chi connectivity index (χ1n) is 6.98. The molecule has 118 valence electrons. The summed E-state index contributed by atoms with van der Waals surface area (Å²) in [6.07, 6.45) is 3.32. The summed E-state index contributed by atoms with van der Waals surface area (Å²) >= 11 is 1.88. The monoisotopic (exact) mass is 311 g/mol. The van der Waals surface area contributed by atoms with Crippen molar-refractivity contribution in [3.8, 4) is 5.75 Å². The zero-order valence-corrected chi connectivity index (χ0v) is 13.8. The Morgan fingerprint density at radius 3 is 2.67 bits per heavy atom. The lowest BCUT2D eigenvalue weighted by Gasteiger charge is -2.24. The van der Waals surface area contributed by atoms with Gasteiger partial charge in [0.2, 0.25) is 0 Å². The van der Waals surface area contributed by atoms with E-state index in [1.54, 1.807) is 12.1 Å². The molecule has 0 radical (unpaired) electrons. The van der Waals surface area contributed by atoms with Gasteiger partial charge in [0.05, 0.1) is 0 Å². The van der Waals surface area contributed by atoms with Gasteiger partial charge in [0, 0.05) is 18.2 Å². The number of hydrogen-bond donors (Lipinski definition) is 2. The van der Waals surface area contributed by atoms with Gasteiger partial charge in [0.25, 0.3) is 0 Å². The Hall–Kier alpha value is -1.40. The second-order valence-electron chi connectivity index (χ2n) is 4.97. The molecule has 0 aromatic heterocycles. The van der Waals surface area contributed by atoms with E-state index in [1.165, 1.54) is 12.2 Å². The lowest BCUT2D eigenvalue weighted by atomic mass is 10.2. The molecule has 0 saturated heterocycles. The van der Waals surface area contributed by atoms with Crippen LogP contribution in [-0.2, 0) is 0 Å². The van der Waals surface area contributed by atoms with Crippen LogP contribution in [0.15, 0.2) is 29.4 Å². The highest BCUT2D eigenvalue weighted by atomic mass is 32.2. The van der Waals surface area contributed by atoms with Crippen LogP contribution in [0.2, 0.25) is 0 Å². The smallest absolute Gasteiger partial charge is 0.170 e. The fourth-order valence-corrected chi connectivity index (χ4v) is 2.39. The number of hydrogen-bond acceptors (Lipinski definition) is 5. The van der Waals surface area contributed by atoms with Crippen LogP contribution in [0.3, 0.4) is 0 Å². The molecule has 6 heteroatoms. The number of nitrogens with zero attached hydrogens (tertiary/aromatic N) is 2. The molecule has 0 amide bonds. The Morgan fingerprint density at radius 1 is 1.43 bits per heavy atom. The van der Waals surface area contributed by atoms with E-state index in [2.05, 4.69) is 30.3 Å². The minimum Gasteiger partial charge on any atom is -0.492 e. The van der Waals surface area contributed by atoms with Crippen molar-refractivity contribution in [2.75, 3.05) is 32.2 Å². The van der Waals surface area contributed by atoms with Gasteiger partial charge < -0.3 is 20.6 Å². The fraction of sp³-hybridized carbons (Fsp3) is 0.533. The lowest BCUT2D eigenvalue weighted by molar-refractivity contribution is 0.197. The molecule has 0 bridgehead atoms. The van der Waals surface area contributed by atoms with Crippen molar-refractivity contribution < 1.29 is 9.94 Å². The van der Waals surface area contributed by atoms with E-state index in [0.717, 1.165) is 12.3 Å². The van der Waals surface area contributed by atoms with Crippen molar-refractivity contribution in [3.05, 3.63) is 29.8 Å². The second-order valence-corrected chi connectivity index (χ2v) is 5.95. The highest BCUT2D eigenvalue weighted by molar-refractivity contribution is 7.98. The maximum atomic E-state index is 8.60. The molecule has 0 aliphatic heterocycles. The predicted octanol–water partition coefficient (Wildman–Crippen LogP) is 2.23. The minimum atomic E-state index is 0.101. The lowest BCUT2D eigenvalue weighted by Crippen LogP contribution is -2.33. The first-order valence-corrected chi connectivity index (χ1v) is 8.37. The van der Waals surface area contributed by atoms with E-state index >= 15 is 0 Å². The molecule has 3 N–H and O–H groups in total. The van der Waals surface area contributed by atoms with Crippen molar-refractivity contribution in [1.29, 1.82) is 0 Å². The summed E-state index contributed by atoms with van der Waals surface area (Å²) in [7, 11) is 2.12. The Kier molecular flexibility index (Phi) is 8.00. The van der Waals surface area contributed by atoms with Crippen LogP contribution >= 0.6 is 11.8 Å². The molecule has 0 saturated carbocycles. The molecule has 5 nitrogen and oxygen atoms in total. The van der Waals surface area contributed by atoms with Gasteiger partial charge in [-0.15, -0.1) is 0 Å². The number of rotatable bonds is 9. The highest BCUT2D eigenvalue weighted by Crippen LogP contribution is 2.12. The molecule has 0 fully saturated rings. The average molecular weight is 311 g/mol. The van der Waals surface area contributed by atoms with Crippen molar-refractivity contribution >= 4 is 17.6 Å². The molecule has 0 aliphatic carbocycles. The number of likely N-dealkylation sites (N-methyl/N-ethyl adjacent to an activating group) is 1. The third-order valence-electron chi connectivity index (χ3n) is 3.46. The van der Waals surface area contributed by atoms with Crippen molar-refractivity contribution in [1.82, 2.24) is 4.90 Å². The zero-order valence-electron chi connectivity index (χ0n) is 13.0. The molecule has 0 spiro atoms. The molecule has 1 aromatic carbocycles. The summed E-state index contributed by atoms with van der Waals surface area (Å²) in [4.78, 5) is 2.31. The summed E-state index contributed by atoms with van der Waals surface area (Å²) in [6, 6.07) is 7.75. The standard InChI is InChI=1S/C15H25N3O2S/c1-12(8-11-21-3)18(2)9-10-20-14-6-4-13(5-7-14)15(16)17-19/h4-7,12,19H,8-11H2,1-3H3,(H2,16,17).